The van der Waals surface area contributed by atoms with Crippen LogP contribution in [0.1, 0.15) is 15.9 Å². The van der Waals surface area contributed by atoms with Gasteiger partial charge < -0.3 is 16.4 Å². The summed E-state index contributed by atoms with van der Waals surface area (Å²) in [5.41, 5.74) is 8.49. The van der Waals surface area contributed by atoms with Crippen molar-refractivity contribution in [3.05, 3.63) is 52.5 Å². The first-order valence-electron chi connectivity index (χ1n) is 6.13. The van der Waals surface area contributed by atoms with Gasteiger partial charge in [-0.25, -0.2) is 0 Å². The highest BCUT2D eigenvalue weighted by molar-refractivity contribution is 6.33. The molecule has 5 nitrogen and oxygen atoms in total. The second-order valence-electron chi connectivity index (χ2n) is 4.31. The van der Waals surface area contributed by atoms with E-state index in [1.807, 2.05) is 6.07 Å². The van der Waals surface area contributed by atoms with Crippen molar-refractivity contribution < 1.29 is 4.79 Å². The van der Waals surface area contributed by atoms with Gasteiger partial charge in [-0.2, -0.15) is 5.26 Å². The van der Waals surface area contributed by atoms with Gasteiger partial charge in [0.15, 0.2) is 0 Å². The Morgan fingerprint density at radius 2 is 2.00 bits per heavy atom. The summed E-state index contributed by atoms with van der Waals surface area (Å²) in [4.78, 5) is 11.5. The van der Waals surface area contributed by atoms with Crippen molar-refractivity contribution in [1.82, 2.24) is 5.32 Å². The Balaban J connectivity index is 2.32. The molecule has 4 N–H and O–H groups in total. The fourth-order valence-electron chi connectivity index (χ4n) is 1.80. The summed E-state index contributed by atoms with van der Waals surface area (Å²) in [6.45, 7) is 0. The van der Waals surface area contributed by atoms with Crippen LogP contribution in [0.25, 0.3) is 0 Å². The number of nitrogens with zero attached hydrogens (tertiary/aromatic N) is 1. The number of nitrogens with two attached hydrogens (primary N) is 1. The zero-order chi connectivity index (χ0) is 15.4. The summed E-state index contributed by atoms with van der Waals surface area (Å²) in [5, 5.41) is 15.0. The van der Waals surface area contributed by atoms with Gasteiger partial charge in [0.05, 0.1) is 33.7 Å². The molecule has 0 heterocycles. The predicted octanol–water partition coefficient (Wildman–Crippen LogP) is 2.90. The maximum Gasteiger partial charge on any atom is 0.251 e. The molecule has 6 heteroatoms. The van der Waals surface area contributed by atoms with Crippen molar-refractivity contribution >= 4 is 34.6 Å². The molecule has 0 atom stereocenters. The Morgan fingerprint density at radius 1 is 1.24 bits per heavy atom. The standard InChI is InChI=1S/C15H13ClN4O/c1-19-15(21)10-3-5-13(12(18)7-10)20-14-6-9(8-17)2-4-11(14)16/h2-7,20H,18H2,1H3,(H,19,21). The molecular weight excluding hydrogens is 288 g/mol. The van der Waals surface area contributed by atoms with E-state index >= 15 is 0 Å². The molecule has 0 aliphatic carbocycles. The quantitative estimate of drug-likeness (QED) is 0.760. The maximum atomic E-state index is 11.5. The largest absolute Gasteiger partial charge is 0.397 e. The first-order chi connectivity index (χ1) is 10.0. The number of benzene rings is 2. The van der Waals surface area contributed by atoms with Gasteiger partial charge in [-0.1, -0.05) is 11.6 Å². The van der Waals surface area contributed by atoms with Gasteiger partial charge in [-0.3, -0.25) is 4.79 Å². The van der Waals surface area contributed by atoms with Crippen molar-refractivity contribution in [2.24, 2.45) is 0 Å². The summed E-state index contributed by atoms with van der Waals surface area (Å²) >= 11 is 6.08. The molecule has 0 bridgehead atoms. The molecule has 1 amide bonds. The van der Waals surface area contributed by atoms with Crippen LogP contribution < -0.4 is 16.4 Å². The Morgan fingerprint density at radius 3 is 2.62 bits per heavy atom. The number of nitrogens with one attached hydrogen (secondary N) is 2. The zero-order valence-corrected chi connectivity index (χ0v) is 12.0. The second kappa shape index (κ2) is 6.16. The minimum atomic E-state index is -0.210. The molecule has 2 aromatic rings. The van der Waals surface area contributed by atoms with Crippen LogP contribution in [0, 0.1) is 11.3 Å². The first kappa shape index (κ1) is 14.7. The zero-order valence-electron chi connectivity index (χ0n) is 11.3. The van der Waals surface area contributed by atoms with E-state index < -0.39 is 0 Å². The highest BCUT2D eigenvalue weighted by Crippen LogP contribution is 2.29. The third kappa shape index (κ3) is 3.25. The minimum Gasteiger partial charge on any atom is -0.397 e. The second-order valence-corrected chi connectivity index (χ2v) is 4.72. The molecule has 0 saturated carbocycles. The first-order valence-corrected chi connectivity index (χ1v) is 6.51. The number of amides is 1. The van der Waals surface area contributed by atoms with Gasteiger partial charge in [0.25, 0.3) is 5.91 Å². The van der Waals surface area contributed by atoms with Gasteiger partial charge in [-0.05, 0) is 36.4 Å². The lowest BCUT2D eigenvalue weighted by atomic mass is 10.1. The number of anilines is 3. The predicted molar refractivity (Wildman–Crippen MR) is 83.7 cm³/mol. The molecule has 0 saturated heterocycles. The fourth-order valence-corrected chi connectivity index (χ4v) is 1.96. The Hall–Kier alpha value is -2.71. The smallest absolute Gasteiger partial charge is 0.251 e. The summed E-state index contributed by atoms with van der Waals surface area (Å²) in [7, 11) is 1.55. The Kier molecular flexibility index (Phi) is 4.31. The number of hydrogen-bond donors (Lipinski definition) is 3. The monoisotopic (exact) mass is 300 g/mol. The van der Waals surface area contributed by atoms with E-state index in [1.54, 1.807) is 43.4 Å². The Bertz CT molecular complexity index is 737. The normalized spacial score (nSPS) is 9.76. The van der Waals surface area contributed by atoms with Crippen molar-refractivity contribution in [2.45, 2.75) is 0 Å². The van der Waals surface area contributed by atoms with Gasteiger partial charge >= 0.3 is 0 Å². The number of nitriles is 1. The molecule has 0 aliphatic rings. The highest BCUT2D eigenvalue weighted by Gasteiger charge is 2.08. The van der Waals surface area contributed by atoms with Crippen LogP contribution in [-0.2, 0) is 0 Å². The van der Waals surface area contributed by atoms with E-state index in [9.17, 15) is 4.79 Å². The highest BCUT2D eigenvalue weighted by atomic mass is 35.5. The van der Waals surface area contributed by atoms with Crippen molar-refractivity contribution in [1.29, 1.82) is 5.26 Å². The minimum absolute atomic E-state index is 0.210. The third-order valence-electron chi connectivity index (χ3n) is 2.91. The van der Waals surface area contributed by atoms with Crippen molar-refractivity contribution in [3.63, 3.8) is 0 Å². The van der Waals surface area contributed by atoms with Gasteiger partial charge in [0.1, 0.15) is 0 Å². The Labute approximate surface area is 127 Å². The van der Waals surface area contributed by atoms with E-state index in [1.165, 1.54) is 0 Å². The lowest BCUT2D eigenvalue weighted by molar-refractivity contribution is 0.0963. The van der Waals surface area contributed by atoms with Crippen LogP contribution in [0.2, 0.25) is 5.02 Å². The van der Waals surface area contributed by atoms with Crippen LogP contribution in [0.15, 0.2) is 36.4 Å². The molecular formula is C15H13ClN4O. The van der Waals surface area contributed by atoms with Crippen LogP contribution in [0.4, 0.5) is 17.1 Å². The molecule has 106 valence electrons. The van der Waals surface area contributed by atoms with E-state index in [-0.39, 0.29) is 5.91 Å². The lowest BCUT2D eigenvalue weighted by Gasteiger charge is -2.12. The number of carbonyl (C=O) groups excluding carboxylic acids is 1. The average molecular weight is 301 g/mol. The average Bonchev–Trinajstić information content (AvgIpc) is 2.50. The van der Waals surface area contributed by atoms with Gasteiger partial charge in [0, 0.05) is 12.6 Å². The summed E-state index contributed by atoms with van der Waals surface area (Å²) in [6.07, 6.45) is 0. The molecule has 0 aliphatic heterocycles. The summed E-state index contributed by atoms with van der Waals surface area (Å²) < 4.78 is 0. The number of nitrogen functional groups attached to an aromatic ring is 1. The van der Waals surface area contributed by atoms with Crippen molar-refractivity contribution in [2.75, 3.05) is 18.1 Å². The van der Waals surface area contributed by atoms with E-state index in [4.69, 9.17) is 22.6 Å². The molecule has 2 rings (SSSR count). The molecule has 0 aromatic heterocycles. The number of rotatable bonds is 3. The topological polar surface area (TPSA) is 90.9 Å². The van der Waals surface area contributed by atoms with Crippen LogP contribution in [0.5, 0.6) is 0 Å². The number of halogens is 1. The fraction of sp³-hybridized carbons (Fsp3) is 0.0667. The molecule has 2 aromatic carbocycles. The molecule has 0 fully saturated rings. The molecule has 0 unspecified atom stereocenters. The van der Waals surface area contributed by atoms with Gasteiger partial charge in [0.2, 0.25) is 0 Å². The van der Waals surface area contributed by atoms with Crippen LogP contribution in [0.3, 0.4) is 0 Å². The van der Waals surface area contributed by atoms with Crippen LogP contribution in [-0.4, -0.2) is 13.0 Å². The SMILES string of the molecule is CNC(=O)c1ccc(Nc2cc(C#N)ccc2Cl)c(N)c1. The molecule has 21 heavy (non-hydrogen) atoms. The van der Waals surface area contributed by atoms with Crippen molar-refractivity contribution in [3.8, 4) is 6.07 Å². The molecule has 0 spiro atoms. The lowest BCUT2D eigenvalue weighted by Crippen LogP contribution is -2.17. The number of hydrogen-bond acceptors (Lipinski definition) is 4. The number of carbonyl (C=O) groups is 1. The third-order valence-corrected chi connectivity index (χ3v) is 3.24. The summed E-state index contributed by atoms with van der Waals surface area (Å²) in [6, 6.07) is 11.9. The van der Waals surface area contributed by atoms with Gasteiger partial charge in [-0.15, -0.1) is 0 Å². The summed E-state index contributed by atoms with van der Waals surface area (Å²) in [5.74, 6) is -0.210. The maximum absolute atomic E-state index is 11.5. The molecule has 0 radical (unpaired) electrons. The van der Waals surface area contributed by atoms with E-state index in [2.05, 4.69) is 10.6 Å². The van der Waals surface area contributed by atoms with E-state index in [0.29, 0.717) is 33.2 Å². The van der Waals surface area contributed by atoms with E-state index in [0.717, 1.165) is 0 Å². The van der Waals surface area contributed by atoms with Crippen LogP contribution >= 0.6 is 11.6 Å².